The second kappa shape index (κ2) is 8.92. The Balaban J connectivity index is 1.36. The van der Waals surface area contributed by atoms with Crippen molar-refractivity contribution < 1.29 is 23.5 Å². The van der Waals surface area contributed by atoms with Crippen molar-refractivity contribution in [2.24, 2.45) is 5.92 Å². The predicted molar refractivity (Wildman–Crippen MR) is 112 cm³/mol. The third-order valence-electron chi connectivity index (χ3n) is 5.21. The molecule has 1 atom stereocenters. The maximum absolute atomic E-state index is 13.0. The molecule has 0 saturated carbocycles. The Bertz CT molecular complexity index is 1090. The highest BCUT2D eigenvalue weighted by atomic mass is 19.1. The molecule has 0 aliphatic carbocycles. The topological polar surface area (TPSA) is 63.7 Å². The fourth-order valence-electron chi connectivity index (χ4n) is 3.53. The van der Waals surface area contributed by atoms with E-state index in [4.69, 9.17) is 4.74 Å². The van der Waals surface area contributed by atoms with E-state index in [-0.39, 0.29) is 18.1 Å². The highest BCUT2D eigenvalue weighted by molar-refractivity contribution is 6.09. The first kappa shape index (κ1) is 20.5. The highest BCUT2D eigenvalue weighted by Gasteiger charge is 2.35. The average molecular weight is 417 g/mol. The minimum atomic E-state index is -0.531. The molecule has 6 heteroatoms. The third-order valence-corrected chi connectivity index (χ3v) is 5.21. The lowest BCUT2D eigenvalue weighted by molar-refractivity contribution is -0.139. The van der Waals surface area contributed by atoms with Crippen LogP contribution in [0.4, 0.5) is 4.39 Å². The number of carbonyl (C=O) groups is 3. The molecule has 1 fully saturated rings. The summed E-state index contributed by atoms with van der Waals surface area (Å²) in [5.74, 6) is -1.44. The number of ketones is 1. The summed E-state index contributed by atoms with van der Waals surface area (Å²) >= 11 is 0. The first-order valence-electron chi connectivity index (χ1n) is 9.93. The number of benzene rings is 3. The number of nitrogens with zero attached hydrogens (tertiary/aromatic N) is 1. The zero-order valence-electron chi connectivity index (χ0n) is 16.7. The van der Waals surface area contributed by atoms with Gasteiger partial charge in [0.15, 0.2) is 5.78 Å². The Labute approximate surface area is 179 Å². The molecule has 0 bridgehead atoms. The van der Waals surface area contributed by atoms with Crippen molar-refractivity contribution in [3.05, 3.63) is 101 Å². The number of hydrogen-bond acceptors (Lipinski definition) is 4. The maximum atomic E-state index is 13.0. The van der Waals surface area contributed by atoms with Crippen molar-refractivity contribution >= 4 is 17.7 Å². The lowest BCUT2D eigenvalue weighted by Crippen LogP contribution is -2.27. The fraction of sp³-hybridized carbons (Fsp3) is 0.160. The lowest BCUT2D eigenvalue weighted by Gasteiger charge is -2.16. The Morgan fingerprint density at radius 2 is 1.52 bits per heavy atom. The smallest absolute Gasteiger partial charge is 0.316 e. The third kappa shape index (κ3) is 4.86. The molecule has 1 amide bonds. The molecule has 0 radical (unpaired) electrons. The quantitative estimate of drug-likeness (QED) is 0.345. The summed E-state index contributed by atoms with van der Waals surface area (Å²) in [7, 11) is 0. The Kier molecular flexibility index (Phi) is 5.89. The zero-order chi connectivity index (χ0) is 21.8. The molecular formula is C25H20FNO4. The lowest BCUT2D eigenvalue weighted by atomic mass is 10.0. The van der Waals surface area contributed by atoms with Gasteiger partial charge in [-0.25, -0.2) is 4.39 Å². The van der Waals surface area contributed by atoms with Crippen LogP contribution in [-0.4, -0.2) is 29.1 Å². The van der Waals surface area contributed by atoms with Crippen LogP contribution in [0.5, 0.6) is 5.75 Å². The van der Waals surface area contributed by atoms with Gasteiger partial charge in [0.25, 0.3) is 0 Å². The van der Waals surface area contributed by atoms with Gasteiger partial charge in [0.2, 0.25) is 5.91 Å². The van der Waals surface area contributed by atoms with E-state index in [0.29, 0.717) is 30.0 Å². The standard InChI is InChI=1S/C25H20FNO4/c26-21-10-6-18(7-11-21)24(29)19-8-12-22(13-9-19)31-25(30)20-14-23(28)27(16-20)15-17-4-2-1-3-5-17/h1-13,20H,14-16H2/t20-/m0/s1. The van der Waals surface area contributed by atoms with Gasteiger partial charge in [-0.05, 0) is 54.1 Å². The summed E-state index contributed by atoms with van der Waals surface area (Å²) in [6.45, 7) is 0.775. The van der Waals surface area contributed by atoms with Gasteiger partial charge in [-0.1, -0.05) is 30.3 Å². The number of likely N-dealkylation sites (tertiary alicyclic amines) is 1. The van der Waals surface area contributed by atoms with Gasteiger partial charge >= 0.3 is 5.97 Å². The molecule has 1 aliphatic rings. The molecule has 31 heavy (non-hydrogen) atoms. The van der Waals surface area contributed by atoms with E-state index in [2.05, 4.69) is 0 Å². The fourth-order valence-corrected chi connectivity index (χ4v) is 3.53. The minimum Gasteiger partial charge on any atom is -0.426 e. The van der Waals surface area contributed by atoms with Crippen LogP contribution in [0.15, 0.2) is 78.9 Å². The minimum absolute atomic E-state index is 0.0777. The number of halogens is 1. The van der Waals surface area contributed by atoms with E-state index in [1.807, 2.05) is 30.3 Å². The molecule has 5 nitrogen and oxygen atoms in total. The summed E-state index contributed by atoms with van der Waals surface area (Å²) in [6.07, 6.45) is 0.118. The van der Waals surface area contributed by atoms with Gasteiger partial charge < -0.3 is 9.64 Å². The van der Waals surface area contributed by atoms with E-state index >= 15 is 0 Å². The van der Waals surface area contributed by atoms with Gasteiger partial charge in [0.05, 0.1) is 5.92 Å². The van der Waals surface area contributed by atoms with Gasteiger partial charge in [0.1, 0.15) is 11.6 Å². The van der Waals surface area contributed by atoms with Crippen LogP contribution in [0.2, 0.25) is 0 Å². The first-order chi connectivity index (χ1) is 15.0. The van der Waals surface area contributed by atoms with Crippen LogP contribution in [0.3, 0.4) is 0 Å². The van der Waals surface area contributed by atoms with Gasteiger partial charge in [-0.3, -0.25) is 14.4 Å². The van der Waals surface area contributed by atoms with Crippen LogP contribution < -0.4 is 4.74 Å². The Morgan fingerprint density at radius 1 is 0.903 bits per heavy atom. The van der Waals surface area contributed by atoms with Crippen molar-refractivity contribution in [3.8, 4) is 5.75 Å². The number of amides is 1. The van der Waals surface area contributed by atoms with Crippen LogP contribution in [0.1, 0.15) is 27.9 Å². The summed E-state index contributed by atoms with van der Waals surface area (Å²) in [4.78, 5) is 38.9. The van der Waals surface area contributed by atoms with Crippen molar-refractivity contribution in [2.75, 3.05) is 6.54 Å². The monoisotopic (exact) mass is 417 g/mol. The van der Waals surface area contributed by atoms with Gasteiger partial charge in [-0.15, -0.1) is 0 Å². The number of esters is 1. The molecule has 0 spiro atoms. The van der Waals surface area contributed by atoms with Crippen molar-refractivity contribution in [2.45, 2.75) is 13.0 Å². The largest absolute Gasteiger partial charge is 0.426 e. The van der Waals surface area contributed by atoms with Crippen LogP contribution in [0.25, 0.3) is 0 Å². The zero-order valence-corrected chi connectivity index (χ0v) is 16.7. The number of hydrogen-bond donors (Lipinski definition) is 0. The van der Waals surface area contributed by atoms with E-state index in [1.54, 1.807) is 17.0 Å². The molecule has 0 aromatic heterocycles. The molecule has 4 rings (SSSR count). The van der Waals surface area contributed by atoms with E-state index in [1.165, 1.54) is 36.4 Å². The molecule has 3 aromatic carbocycles. The highest BCUT2D eigenvalue weighted by Crippen LogP contribution is 2.23. The normalized spacial score (nSPS) is 15.7. The van der Waals surface area contributed by atoms with Crippen LogP contribution >= 0.6 is 0 Å². The second-order valence-corrected chi connectivity index (χ2v) is 7.44. The average Bonchev–Trinajstić information content (AvgIpc) is 3.15. The summed E-state index contributed by atoms with van der Waals surface area (Å²) in [5, 5.41) is 0. The molecule has 1 heterocycles. The van der Waals surface area contributed by atoms with Gasteiger partial charge in [0, 0.05) is 30.6 Å². The molecule has 0 unspecified atom stereocenters. The van der Waals surface area contributed by atoms with Crippen LogP contribution in [-0.2, 0) is 16.1 Å². The molecule has 1 saturated heterocycles. The molecule has 0 N–H and O–H groups in total. The first-order valence-corrected chi connectivity index (χ1v) is 9.93. The number of ether oxygens (including phenoxy) is 1. The molecule has 1 aliphatic heterocycles. The number of rotatable bonds is 6. The predicted octanol–water partition coefficient (Wildman–Crippen LogP) is 4.01. The molecule has 156 valence electrons. The summed E-state index contributed by atoms with van der Waals surface area (Å²) < 4.78 is 18.5. The van der Waals surface area contributed by atoms with E-state index in [0.717, 1.165) is 5.56 Å². The molecule has 3 aromatic rings. The van der Waals surface area contributed by atoms with Gasteiger partial charge in [-0.2, -0.15) is 0 Å². The molecular weight excluding hydrogens is 397 g/mol. The van der Waals surface area contributed by atoms with Crippen molar-refractivity contribution in [3.63, 3.8) is 0 Å². The van der Waals surface area contributed by atoms with E-state index in [9.17, 15) is 18.8 Å². The van der Waals surface area contributed by atoms with Crippen molar-refractivity contribution in [1.82, 2.24) is 4.90 Å². The van der Waals surface area contributed by atoms with Crippen LogP contribution in [0, 0.1) is 11.7 Å². The SMILES string of the molecule is O=C(c1ccc(F)cc1)c1ccc(OC(=O)[C@H]2CC(=O)N(Cc3ccccc3)C2)cc1. The second-order valence-electron chi connectivity index (χ2n) is 7.44. The number of carbonyl (C=O) groups excluding carboxylic acids is 3. The Hall–Kier alpha value is -3.80. The Morgan fingerprint density at radius 3 is 2.16 bits per heavy atom. The summed E-state index contributed by atoms with van der Waals surface area (Å²) in [5.41, 5.74) is 1.77. The van der Waals surface area contributed by atoms with Crippen molar-refractivity contribution in [1.29, 1.82) is 0 Å². The summed E-state index contributed by atoms with van der Waals surface area (Å²) in [6, 6.07) is 21.1. The maximum Gasteiger partial charge on any atom is 0.316 e. The van der Waals surface area contributed by atoms with E-state index < -0.39 is 17.7 Å².